The van der Waals surface area contributed by atoms with Crippen molar-refractivity contribution in [2.24, 2.45) is 5.92 Å². The molecule has 0 radical (unpaired) electrons. The Morgan fingerprint density at radius 3 is 2.65 bits per heavy atom. The van der Waals surface area contributed by atoms with Crippen LogP contribution in [0.5, 0.6) is 0 Å². The van der Waals surface area contributed by atoms with Crippen molar-refractivity contribution in [3.63, 3.8) is 0 Å². The van der Waals surface area contributed by atoms with E-state index in [0.29, 0.717) is 6.04 Å². The predicted molar refractivity (Wildman–Crippen MR) is 85.3 cm³/mol. The van der Waals surface area contributed by atoms with Crippen LogP contribution >= 0.6 is 11.3 Å². The molecule has 1 aliphatic rings. The van der Waals surface area contributed by atoms with Gasteiger partial charge in [-0.05, 0) is 52.0 Å². The second kappa shape index (κ2) is 6.54. The van der Waals surface area contributed by atoms with Crippen molar-refractivity contribution in [1.29, 1.82) is 0 Å². The second-order valence-corrected chi connectivity index (χ2v) is 7.16. The Balaban J connectivity index is 2.25. The zero-order valence-corrected chi connectivity index (χ0v) is 14.3. The van der Waals surface area contributed by atoms with E-state index < -0.39 is 0 Å². The van der Waals surface area contributed by atoms with Crippen molar-refractivity contribution >= 4 is 11.3 Å². The molecule has 1 N–H and O–H groups in total. The first kappa shape index (κ1) is 15.9. The predicted octanol–water partition coefficient (Wildman–Crippen LogP) is 4.17. The highest BCUT2D eigenvalue weighted by Crippen LogP contribution is 2.44. The monoisotopic (exact) mass is 296 g/mol. The van der Waals surface area contributed by atoms with E-state index in [9.17, 15) is 0 Å². The van der Waals surface area contributed by atoms with Gasteiger partial charge in [0.05, 0.1) is 5.69 Å². The second-order valence-electron chi connectivity index (χ2n) is 6.13. The van der Waals surface area contributed by atoms with Gasteiger partial charge < -0.3 is 10.1 Å². The lowest BCUT2D eigenvalue weighted by Gasteiger charge is -2.36. The standard InChI is InChI=1S/C16H28N2OS/c1-6-17-12(3)14-13(4)18-15(20-14)16(19-5)9-7-11(2)8-10-16/h11-12,17H,6-10H2,1-5H3. The highest BCUT2D eigenvalue weighted by atomic mass is 32.1. The SMILES string of the molecule is CCNC(C)c1sc(C2(OC)CCC(C)CC2)nc1C. The normalized spacial score (nSPS) is 28.6. The summed E-state index contributed by atoms with van der Waals surface area (Å²) in [6.07, 6.45) is 4.69. The quantitative estimate of drug-likeness (QED) is 0.885. The fourth-order valence-electron chi connectivity index (χ4n) is 3.14. The van der Waals surface area contributed by atoms with E-state index >= 15 is 0 Å². The van der Waals surface area contributed by atoms with Crippen LogP contribution < -0.4 is 5.32 Å². The number of thiazole rings is 1. The molecular weight excluding hydrogens is 268 g/mol. The lowest BCUT2D eigenvalue weighted by atomic mass is 9.80. The van der Waals surface area contributed by atoms with Gasteiger partial charge >= 0.3 is 0 Å². The molecular formula is C16H28N2OS. The van der Waals surface area contributed by atoms with Crippen LogP contribution in [0.1, 0.15) is 68.1 Å². The Kier molecular flexibility index (Phi) is 5.21. The summed E-state index contributed by atoms with van der Waals surface area (Å²) in [7, 11) is 1.85. The van der Waals surface area contributed by atoms with Crippen LogP contribution in [0.4, 0.5) is 0 Å². The Morgan fingerprint density at radius 2 is 2.10 bits per heavy atom. The van der Waals surface area contributed by atoms with Crippen LogP contribution in [-0.4, -0.2) is 18.6 Å². The summed E-state index contributed by atoms with van der Waals surface area (Å²) in [6, 6.07) is 0.377. The lowest BCUT2D eigenvalue weighted by Crippen LogP contribution is -2.33. The molecule has 1 unspecified atom stereocenters. The molecule has 2 rings (SSSR count). The number of rotatable bonds is 5. The molecule has 1 fully saturated rings. The average Bonchev–Trinajstić information content (AvgIpc) is 2.83. The molecule has 1 aliphatic carbocycles. The van der Waals surface area contributed by atoms with Crippen molar-refractivity contribution in [3.05, 3.63) is 15.6 Å². The van der Waals surface area contributed by atoms with E-state index in [2.05, 4.69) is 33.0 Å². The van der Waals surface area contributed by atoms with Gasteiger partial charge in [-0.1, -0.05) is 13.8 Å². The van der Waals surface area contributed by atoms with Crippen molar-refractivity contribution < 1.29 is 4.74 Å². The van der Waals surface area contributed by atoms with Crippen LogP contribution in [0.2, 0.25) is 0 Å². The molecule has 0 aromatic carbocycles. The number of nitrogens with zero attached hydrogens (tertiary/aromatic N) is 1. The molecule has 0 bridgehead atoms. The minimum Gasteiger partial charge on any atom is -0.371 e. The van der Waals surface area contributed by atoms with Gasteiger partial charge in [0.1, 0.15) is 10.6 Å². The first-order valence-corrected chi connectivity index (χ1v) is 8.60. The fraction of sp³-hybridized carbons (Fsp3) is 0.812. The number of methoxy groups -OCH3 is 1. The van der Waals surface area contributed by atoms with Crippen LogP contribution in [-0.2, 0) is 10.3 Å². The summed E-state index contributed by atoms with van der Waals surface area (Å²) >= 11 is 1.84. The molecule has 0 amide bonds. The minimum atomic E-state index is -0.133. The van der Waals surface area contributed by atoms with E-state index in [1.807, 2.05) is 18.4 Å². The first-order chi connectivity index (χ1) is 9.52. The number of aryl methyl sites for hydroxylation is 1. The van der Waals surface area contributed by atoms with Gasteiger partial charge in [-0.3, -0.25) is 0 Å². The molecule has 3 nitrogen and oxygen atoms in total. The fourth-order valence-corrected chi connectivity index (χ4v) is 4.46. The van der Waals surface area contributed by atoms with Gasteiger partial charge in [0.25, 0.3) is 0 Å². The van der Waals surface area contributed by atoms with Gasteiger partial charge in [-0.15, -0.1) is 11.3 Å². The van der Waals surface area contributed by atoms with Gasteiger partial charge in [-0.2, -0.15) is 0 Å². The van der Waals surface area contributed by atoms with Crippen LogP contribution in [0.3, 0.4) is 0 Å². The van der Waals surface area contributed by atoms with Crippen LogP contribution in [0, 0.1) is 12.8 Å². The van der Waals surface area contributed by atoms with E-state index in [1.165, 1.54) is 22.7 Å². The van der Waals surface area contributed by atoms with E-state index in [4.69, 9.17) is 9.72 Å². The van der Waals surface area contributed by atoms with Gasteiger partial charge in [0.15, 0.2) is 0 Å². The third-order valence-electron chi connectivity index (χ3n) is 4.60. The summed E-state index contributed by atoms with van der Waals surface area (Å²) in [5.74, 6) is 0.819. The summed E-state index contributed by atoms with van der Waals surface area (Å²) < 4.78 is 5.95. The van der Waals surface area contributed by atoms with Crippen molar-refractivity contribution in [2.45, 2.75) is 65.0 Å². The maximum atomic E-state index is 5.95. The Hall–Kier alpha value is -0.450. The third-order valence-corrected chi connectivity index (χ3v) is 6.12. The molecule has 1 heterocycles. The molecule has 1 saturated carbocycles. The molecule has 20 heavy (non-hydrogen) atoms. The van der Waals surface area contributed by atoms with Gasteiger partial charge in [0, 0.05) is 18.0 Å². The molecule has 114 valence electrons. The zero-order valence-electron chi connectivity index (χ0n) is 13.5. The smallest absolute Gasteiger partial charge is 0.125 e. The summed E-state index contributed by atoms with van der Waals surface area (Å²) in [4.78, 5) is 6.22. The zero-order chi connectivity index (χ0) is 14.8. The maximum absolute atomic E-state index is 5.95. The number of nitrogens with one attached hydrogen (secondary N) is 1. The van der Waals surface area contributed by atoms with E-state index in [1.54, 1.807) is 0 Å². The van der Waals surface area contributed by atoms with Crippen molar-refractivity contribution in [3.8, 4) is 0 Å². The van der Waals surface area contributed by atoms with Crippen molar-refractivity contribution in [1.82, 2.24) is 10.3 Å². The summed E-state index contributed by atoms with van der Waals surface area (Å²) in [5.41, 5.74) is 1.03. The Labute approximate surface area is 127 Å². The number of aromatic nitrogens is 1. The van der Waals surface area contributed by atoms with Crippen LogP contribution in [0.15, 0.2) is 0 Å². The third kappa shape index (κ3) is 3.07. The number of ether oxygens (including phenoxy) is 1. The maximum Gasteiger partial charge on any atom is 0.125 e. The molecule has 1 aromatic rings. The summed E-state index contributed by atoms with van der Waals surface area (Å²) in [5, 5.41) is 4.67. The average molecular weight is 296 g/mol. The van der Waals surface area contributed by atoms with Crippen molar-refractivity contribution in [2.75, 3.05) is 13.7 Å². The van der Waals surface area contributed by atoms with Gasteiger partial charge in [0.2, 0.25) is 0 Å². The molecule has 0 aliphatic heterocycles. The molecule has 1 atom stereocenters. The largest absolute Gasteiger partial charge is 0.371 e. The van der Waals surface area contributed by atoms with Crippen LogP contribution in [0.25, 0.3) is 0 Å². The topological polar surface area (TPSA) is 34.1 Å². The molecule has 4 heteroatoms. The van der Waals surface area contributed by atoms with E-state index in [-0.39, 0.29) is 5.60 Å². The van der Waals surface area contributed by atoms with Gasteiger partial charge in [-0.25, -0.2) is 4.98 Å². The molecule has 0 saturated heterocycles. The lowest BCUT2D eigenvalue weighted by molar-refractivity contribution is -0.0531. The Bertz CT molecular complexity index is 436. The highest BCUT2D eigenvalue weighted by Gasteiger charge is 2.39. The highest BCUT2D eigenvalue weighted by molar-refractivity contribution is 7.12. The molecule has 0 spiro atoms. The molecule has 1 aromatic heterocycles. The first-order valence-electron chi connectivity index (χ1n) is 7.78. The number of hydrogen-bond acceptors (Lipinski definition) is 4. The number of hydrogen-bond donors (Lipinski definition) is 1. The Morgan fingerprint density at radius 1 is 1.45 bits per heavy atom. The summed E-state index contributed by atoms with van der Waals surface area (Å²) in [6.45, 7) is 9.81. The minimum absolute atomic E-state index is 0.133. The van der Waals surface area contributed by atoms with E-state index in [0.717, 1.165) is 31.0 Å².